The SMILES string of the molecule is COc1ccc(C(C)=O)cc1CC(=O)Nc1ccncc1. The number of rotatable bonds is 5. The molecule has 1 amide bonds. The molecule has 0 fully saturated rings. The average molecular weight is 284 g/mol. The number of hydrogen-bond acceptors (Lipinski definition) is 4. The molecule has 2 rings (SSSR count). The van der Waals surface area contributed by atoms with Crippen LogP contribution in [0.25, 0.3) is 0 Å². The molecule has 1 N–H and O–H groups in total. The number of carbonyl (C=O) groups is 2. The van der Waals surface area contributed by atoms with Gasteiger partial charge in [-0.05, 0) is 37.3 Å². The van der Waals surface area contributed by atoms with Crippen molar-refractivity contribution in [1.29, 1.82) is 0 Å². The number of ether oxygens (including phenoxy) is 1. The summed E-state index contributed by atoms with van der Waals surface area (Å²) in [6, 6.07) is 8.49. The number of amides is 1. The van der Waals surface area contributed by atoms with Crippen molar-refractivity contribution in [2.75, 3.05) is 12.4 Å². The van der Waals surface area contributed by atoms with Gasteiger partial charge in [0.15, 0.2) is 5.78 Å². The quantitative estimate of drug-likeness (QED) is 0.856. The Labute approximate surface area is 123 Å². The van der Waals surface area contributed by atoms with Crippen molar-refractivity contribution in [1.82, 2.24) is 4.98 Å². The lowest BCUT2D eigenvalue weighted by molar-refractivity contribution is -0.115. The molecule has 5 nitrogen and oxygen atoms in total. The lowest BCUT2D eigenvalue weighted by Gasteiger charge is -2.10. The molecule has 0 aliphatic heterocycles. The minimum absolute atomic E-state index is 0.0477. The monoisotopic (exact) mass is 284 g/mol. The van der Waals surface area contributed by atoms with E-state index in [1.807, 2.05) is 0 Å². The van der Waals surface area contributed by atoms with Crippen LogP contribution in [-0.4, -0.2) is 23.8 Å². The Morgan fingerprint density at radius 1 is 1.19 bits per heavy atom. The summed E-state index contributed by atoms with van der Waals surface area (Å²) in [5.41, 5.74) is 1.91. The van der Waals surface area contributed by atoms with Crippen LogP contribution in [0, 0.1) is 0 Å². The third kappa shape index (κ3) is 3.89. The number of carbonyl (C=O) groups excluding carboxylic acids is 2. The van der Waals surface area contributed by atoms with E-state index in [1.54, 1.807) is 42.7 Å². The van der Waals surface area contributed by atoms with E-state index in [4.69, 9.17) is 4.74 Å². The standard InChI is InChI=1S/C16H16N2O3/c1-11(19)12-3-4-15(21-2)13(9-12)10-16(20)18-14-5-7-17-8-6-14/h3-9H,10H2,1-2H3,(H,17,18,20). The van der Waals surface area contributed by atoms with E-state index in [1.165, 1.54) is 14.0 Å². The van der Waals surface area contributed by atoms with Gasteiger partial charge >= 0.3 is 0 Å². The summed E-state index contributed by atoms with van der Waals surface area (Å²) in [5.74, 6) is 0.360. The fraction of sp³-hybridized carbons (Fsp3) is 0.188. The van der Waals surface area contributed by atoms with Gasteiger partial charge in [-0.25, -0.2) is 0 Å². The summed E-state index contributed by atoms with van der Waals surface area (Å²) in [6.07, 6.45) is 3.34. The largest absolute Gasteiger partial charge is 0.496 e. The lowest BCUT2D eigenvalue weighted by Crippen LogP contribution is -2.15. The second kappa shape index (κ2) is 6.65. The Morgan fingerprint density at radius 2 is 1.90 bits per heavy atom. The summed E-state index contributed by atoms with van der Waals surface area (Å²) in [4.78, 5) is 27.4. The average Bonchev–Trinajstić information content (AvgIpc) is 2.48. The molecule has 108 valence electrons. The van der Waals surface area contributed by atoms with Crippen molar-refractivity contribution < 1.29 is 14.3 Å². The van der Waals surface area contributed by atoms with E-state index >= 15 is 0 Å². The summed E-state index contributed by atoms with van der Waals surface area (Å²) in [7, 11) is 1.53. The Balaban J connectivity index is 2.16. The highest BCUT2D eigenvalue weighted by Gasteiger charge is 2.11. The number of nitrogens with one attached hydrogen (secondary N) is 1. The van der Waals surface area contributed by atoms with E-state index in [-0.39, 0.29) is 18.1 Å². The van der Waals surface area contributed by atoms with Crippen molar-refractivity contribution in [2.45, 2.75) is 13.3 Å². The first-order chi connectivity index (χ1) is 10.1. The summed E-state index contributed by atoms with van der Waals surface area (Å²) < 4.78 is 5.23. The highest BCUT2D eigenvalue weighted by Crippen LogP contribution is 2.21. The maximum atomic E-state index is 12.1. The number of aromatic nitrogens is 1. The minimum Gasteiger partial charge on any atom is -0.496 e. The summed E-state index contributed by atoms with van der Waals surface area (Å²) in [5, 5.41) is 2.77. The van der Waals surface area contributed by atoms with Crippen molar-refractivity contribution in [3.8, 4) is 5.75 Å². The maximum absolute atomic E-state index is 12.1. The van der Waals surface area contributed by atoms with Gasteiger partial charge in [0.25, 0.3) is 0 Å². The highest BCUT2D eigenvalue weighted by atomic mass is 16.5. The Bertz CT molecular complexity index is 654. The lowest BCUT2D eigenvalue weighted by atomic mass is 10.0. The van der Waals surface area contributed by atoms with Gasteiger partial charge in [-0.2, -0.15) is 0 Å². The molecule has 2 aromatic rings. The van der Waals surface area contributed by atoms with Gasteiger partial charge in [-0.1, -0.05) is 0 Å². The molecular formula is C16H16N2O3. The van der Waals surface area contributed by atoms with Crippen molar-refractivity contribution in [3.63, 3.8) is 0 Å². The number of ketones is 1. The normalized spacial score (nSPS) is 10.0. The molecule has 0 radical (unpaired) electrons. The summed E-state index contributed by atoms with van der Waals surface area (Å²) >= 11 is 0. The third-order valence-electron chi connectivity index (χ3n) is 3.00. The molecule has 0 aliphatic rings. The maximum Gasteiger partial charge on any atom is 0.228 e. The number of Topliss-reactive ketones (excluding diaryl/α,β-unsaturated/α-hetero) is 1. The van der Waals surface area contributed by atoms with Crippen LogP contribution >= 0.6 is 0 Å². The zero-order valence-electron chi connectivity index (χ0n) is 11.9. The first kappa shape index (κ1) is 14.7. The van der Waals surface area contributed by atoms with E-state index in [0.29, 0.717) is 22.6 Å². The molecule has 1 aromatic carbocycles. The van der Waals surface area contributed by atoms with Gasteiger partial charge in [-0.3, -0.25) is 14.6 Å². The highest BCUT2D eigenvalue weighted by molar-refractivity contribution is 5.96. The van der Waals surface area contributed by atoms with Crippen LogP contribution in [0.5, 0.6) is 5.75 Å². The molecule has 0 bridgehead atoms. The molecule has 0 aliphatic carbocycles. The van der Waals surface area contributed by atoms with Gasteiger partial charge in [0.1, 0.15) is 5.75 Å². The predicted molar refractivity (Wildman–Crippen MR) is 79.6 cm³/mol. The molecule has 1 heterocycles. The zero-order valence-corrected chi connectivity index (χ0v) is 11.9. The van der Waals surface area contributed by atoms with Crippen LogP contribution in [-0.2, 0) is 11.2 Å². The van der Waals surface area contributed by atoms with Crippen LogP contribution in [0.2, 0.25) is 0 Å². The number of benzene rings is 1. The van der Waals surface area contributed by atoms with E-state index in [0.717, 1.165) is 0 Å². The number of anilines is 1. The smallest absolute Gasteiger partial charge is 0.228 e. The molecule has 0 spiro atoms. The molecule has 0 saturated heterocycles. The number of hydrogen-bond donors (Lipinski definition) is 1. The van der Waals surface area contributed by atoms with Crippen LogP contribution in [0.15, 0.2) is 42.7 Å². The first-order valence-corrected chi connectivity index (χ1v) is 6.48. The van der Waals surface area contributed by atoms with Gasteiger partial charge in [-0.15, -0.1) is 0 Å². The van der Waals surface area contributed by atoms with Crippen LogP contribution in [0.3, 0.4) is 0 Å². The Hall–Kier alpha value is -2.69. The minimum atomic E-state index is -0.180. The van der Waals surface area contributed by atoms with Crippen molar-refractivity contribution in [2.24, 2.45) is 0 Å². The van der Waals surface area contributed by atoms with Crippen molar-refractivity contribution >= 4 is 17.4 Å². The predicted octanol–water partition coefficient (Wildman–Crippen LogP) is 2.47. The van der Waals surface area contributed by atoms with Crippen LogP contribution < -0.4 is 10.1 Å². The number of pyridine rings is 1. The molecular weight excluding hydrogens is 268 g/mol. The fourth-order valence-corrected chi connectivity index (χ4v) is 1.95. The molecule has 5 heteroatoms. The van der Waals surface area contributed by atoms with Gasteiger partial charge in [0, 0.05) is 29.2 Å². The topological polar surface area (TPSA) is 68.3 Å². The fourth-order valence-electron chi connectivity index (χ4n) is 1.95. The van der Waals surface area contributed by atoms with Gasteiger partial charge < -0.3 is 10.1 Å². The first-order valence-electron chi connectivity index (χ1n) is 6.48. The van der Waals surface area contributed by atoms with Gasteiger partial charge in [0.2, 0.25) is 5.91 Å². The second-order valence-corrected chi connectivity index (χ2v) is 4.54. The Kier molecular flexibility index (Phi) is 4.66. The van der Waals surface area contributed by atoms with Crippen LogP contribution in [0.1, 0.15) is 22.8 Å². The van der Waals surface area contributed by atoms with Crippen LogP contribution in [0.4, 0.5) is 5.69 Å². The zero-order chi connectivity index (χ0) is 15.2. The van der Waals surface area contributed by atoms with Crippen molar-refractivity contribution in [3.05, 3.63) is 53.9 Å². The van der Waals surface area contributed by atoms with E-state index in [9.17, 15) is 9.59 Å². The number of nitrogens with zero attached hydrogens (tertiary/aromatic N) is 1. The summed E-state index contributed by atoms with van der Waals surface area (Å²) in [6.45, 7) is 1.49. The number of methoxy groups -OCH3 is 1. The molecule has 0 unspecified atom stereocenters. The molecule has 1 aromatic heterocycles. The van der Waals surface area contributed by atoms with E-state index in [2.05, 4.69) is 10.3 Å². The molecule has 21 heavy (non-hydrogen) atoms. The molecule has 0 saturated carbocycles. The van der Waals surface area contributed by atoms with E-state index < -0.39 is 0 Å². The van der Waals surface area contributed by atoms with Gasteiger partial charge in [0.05, 0.1) is 13.5 Å². The molecule has 0 atom stereocenters. The Morgan fingerprint density at radius 3 is 2.52 bits per heavy atom. The second-order valence-electron chi connectivity index (χ2n) is 4.54. The third-order valence-corrected chi connectivity index (χ3v) is 3.00.